The molecule has 2 fully saturated rings. The van der Waals surface area contributed by atoms with Crippen LogP contribution >= 0.6 is 0 Å². The Hall–Kier alpha value is -0.620. The van der Waals surface area contributed by atoms with Crippen molar-refractivity contribution in [3.8, 4) is 0 Å². The number of likely N-dealkylation sites (N-methyl/N-ethyl adjacent to an activating group) is 1. The molecule has 0 radical (unpaired) electrons. The summed E-state index contributed by atoms with van der Waals surface area (Å²) >= 11 is 0. The van der Waals surface area contributed by atoms with Crippen molar-refractivity contribution in [1.82, 2.24) is 4.90 Å². The van der Waals surface area contributed by atoms with Gasteiger partial charge in [-0.3, -0.25) is 4.79 Å². The van der Waals surface area contributed by atoms with Crippen LogP contribution in [0.3, 0.4) is 0 Å². The standard InChI is InChI=1S/C12H21NO4S/c1-2-13(10-6-8-18(15,16)9-10)12(14)11-5-3-4-7-17-11/h10-11H,2-9H2,1H3. The summed E-state index contributed by atoms with van der Waals surface area (Å²) in [5.41, 5.74) is 0. The minimum Gasteiger partial charge on any atom is -0.368 e. The van der Waals surface area contributed by atoms with Crippen LogP contribution in [0.4, 0.5) is 0 Å². The molecule has 0 aromatic carbocycles. The van der Waals surface area contributed by atoms with Gasteiger partial charge in [-0.1, -0.05) is 0 Å². The van der Waals surface area contributed by atoms with Crippen LogP contribution in [0.5, 0.6) is 0 Å². The van der Waals surface area contributed by atoms with E-state index in [1.165, 1.54) is 0 Å². The van der Waals surface area contributed by atoms with Crippen LogP contribution in [0.1, 0.15) is 32.6 Å². The van der Waals surface area contributed by atoms with Crippen molar-refractivity contribution in [3.05, 3.63) is 0 Å². The second-order valence-electron chi connectivity index (χ2n) is 5.04. The number of hydrogen-bond donors (Lipinski definition) is 0. The summed E-state index contributed by atoms with van der Waals surface area (Å²) in [7, 11) is -2.95. The molecular weight excluding hydrogens is 254 g/mol. The van der Waals surface area contributed by atoms with E-state index in [2.05, 4.69) is 0 Å². The maximum atomic E-state index is 12.3. The Balaban J connectivity index is 2.01. The Morgan fingerprint density at radius 1 is 1.33 bits per heavy atom. The minimum atomic E-state index is -2.95. The van der Waals surface area contributed by atoms with Crippen molar-refractivity contribution in [2.24, 2.45) is 0 Å². The molecule has 2 aliphatic rings. The van der Waals surface area contributed by atoms with Crippen molar-refractivity contribution in [3.63, 3.8) is 0 Å². The highest BCUT2D eigenvalue weighted by Gasteiger charge is 2.36. The first-order valence-electron chi connectivity index (χ1n) is 6.66. The van der Waals surface area contributed by atoms with Gasteiger partial charge in [-0.15, -0.1) is 0 Å². The van der Waals surface area contributed by atoms with Crippen molar-refractivity contribution < 1.29 is 17.9 Å². The molecule has 0 aromatic rings. The smallest absolute Gasteiger partial charge is 0.251 e. The Morgan fingerprint density at radius 3 is 2.61 bits per heavy atom. The highest BCUT2D eigenvalue weighted by atomic mass is 32.2. The number of rotatable bonds is 3. The van der Waals surface area contributed by atoms with E-state index >= 15 is 0 Å². The fraction of sp³-hybridized carbons (Fsp3) is 0.917. The van der Waals surface area contributed by atoms with Gasteiger partial charge < -0.3 is 9.64 Å². The average molecular weight is 275 g/mol. The Kier molecular flexibility index (Phi) is 4.27. The molecule has 6 heteroatoms. The summed E-state index contributed by atoms with van der Waals surface area (Å²) in [6, 6.07) is -0.155. The van der Waals surface area contributed by atoms with Gasteiger partial charge in [0.15, 0.2) is 9.84 Å². The highest BCUT2D eigenvalue weighted by Crippen LogP contribution is 2.21. The normalized spacial score (nSPS) is 31.2. The summed E-state index contributed by atoms with van der Waals surface area (Å²) in [6.07, 6.45) is 2.98. The zero-order chi connectivity index (χ0) is 13.2. The third kappa shape index (κ3) is 3.03. The van der Waals surface area contributed by atoms with Crippen LogP contribution in [0, 0.1) is 0 Å². The van der Waals surface area contributed by atoms with Crippen molar-refractivity contribution >= 4 is 15.7 Å². The van der Waals surface area contributed by atoms with Crippen LogP contribution in [-0.2, 0) is 19.4 Å². The van der Waals surface area contributed by atoms with Gasteiger partial charge in [-0.2, -0.15) is 0 Å². The first-order valence-corrected chi connectivity index (χ1v) is 8.48. The monoisotopic (exact) mass is 275 g/mol. The zero-order valence-electron chi connectivity index (χ0n) is 10.8. The lowest BCUT2D eigenvalue weighted by atomic mass is 10.1. The number of ether oxygens (including phenoxy) is 1. The molecule has 0 N–H and O–H groups in total. The average Bonchev–Trinajstić information content (AvgIpc) is 2.71. The maximum absolute atomic E-state index is 12.3. The van der Waals surface area contributed by atoms with Crippen molar-refractivity contribution in [2.75, 3.05) is 24.7 Å². The molecule has 2 rings (SSSR count). The van der Waals surface area contributed by atoms with Gasteiger partial charge in [0.2, 0.25) is 0 Å². The summed E-state index contributed by atoms with van der Waals surface area (Å²) in [4.78, 5) is 14.0. The van der Waals surface area contributed by atoms with E-state index in [1.807, 2.05) is 6.92 Å². The summed E-state index contributed by atoms with van der Waals surface area (Å²) < 4.78 is 28.5. The number of hydrogen-bond acceptors (Lipinski definition) is 4. The van der Waals surface area contributed by atoms with E-state index in [4.69, 9.17) is 4.74 Å². The molecule has 2 heterocycles. The molecular formula is C12H21NO4S. The SMILES string of the molecule is CCN(C(=O)C1CCCCO1)C1CCS(=O)(=O)C1. The number of carbonyl (C=O) groups is 1. The number of sulfone groups is 1. The minimum absolute atomic E-state index is 0.0284. The number of carbonyl (C=O) groups excluding carboxylic acids is 1. The predicted octanol–water partition coefficient (Wildman–Crippen LogP) is 0.591. The lowest BCUT2D eigenvalue weighted by Crippen LogP contribution is -2.47. The van der Waals surface area contributed by atoms with E-state index in [1.54, 1.807) is 4.90 Å². The maximum Gasteiger partial charge on any atom is 0.251 e. The van der Waals surface area contributed by atoms with Gasteiger partial charge in [0.1, 0.15) is 6.10 Å². The highest BCUT2D eigenvalue weighted by molar-refractivity contribution is 7.91. The van der Waals surface area contributed by atoms with Crippen LogP contribution in [0.2, 0.25) is 0 Å². The van der Waals surface area contributed by atoms with Gasteiger partial charge in [0.05, 0.1) is 11.5 Å². The molecule has 2 saturated heterocycles. The van der Waals surface area contributed by atoms with Gasteiger partial charge >= 0.3 is 0 Å². The largest absolute Gasteiger partial charge is 0.368 e. The van der Waals surface area contributed by atoms with E-state index in [0.29, 0.717) is 19.6 Å². The van der Waals surface area contributed by atoms with Crippen LogP contribution in [-0.4, -0.2) is 56.0 Å². The molecule has 0 spiro atoms. The predicted molar refractivity (Wildman–Crippen MR) is 68.0 cm³/mol. The van der Waals surface area contributed by atoms with Crippen molar-refractivity contribution in [2.45, 2.75) is 44.8 Å². The molecule has 2 unspecified atom stereocenters. The van der Waals surface area contributed by atoms with Gasteiger partial charge in [-0.05, 0) is 32.6 Å². The third-order valence-electron chi connectivity index (χ3n) is 3.73. The van der Waals surface area contributed by atoms with Gasteiger partial charge in [0.25, 0.3) is 5.91 Å². The molecule has 0 bridgehead atoms. The Bertz CT molecular complexity index is 400. The first kappa shape index (κ1) is 13.8. The van der Waals surface area contributed by atoms with E-state index in [9.17, 15) is 13.2 Å². The fourth-order valence-electron chi connectivity index (χ4n) is 2.74. The lowest BCUT2D eigenvalue weighted by molar-refractivity contribution is -0.148. The Morgan fingerprint density at radius 2 is 2.11 bits per heavy atom. The van der Waals surface area contributed by atoms with Gasteiger partial charge in [-0.25, -0.2) is 8.42 Å². The topological polar surface area (TPSA) is 63.7 Å². The zero-order valence-corrected chi connectivity index (χ0v) is 11.6. The van der Waals surface area contributed by atoms with E-state index in [-0.39, 0.29) is 29.6 Å². The molecule has 104 valence electrons. The quantitative estimate of drug-likeness (QED) is 0.756. The molecule has 2 atom stereocenters. The van der Waals surface area contributed by atoms with E-state index < -0.39 is 9.84 Å². The number of nitrogens with zero attached hydrogens (tertiary/aromatic N) is 1. The lowest BCUT2D eigenvalue weighted by Gasteiger charge is -2.32. The third-order valence-corrected chi connectivity index (χ3v) is 5.48. The Labute approximate surface area is 108 Å². The fourth-order valence-corrected chi connectivity index (χ4v) is 4.47. The summed E-state index contributed by atoms with van der Waals surface area (Å²) in [6.45, 7) is 3.08. The summed E-state index contributed by atoms with van der Waals surface area (Å²) in [5, 5.41) is 0. The second-order valence-corrected chi connectivity index (χ2v) is 7.27. The van der Waals surface area contributed by atoms with Crippen LogP contribution < -0.4 is 0 Å². The van der Waals surface area contributed by atoms with Crippen LogP contribution in [0.15, 0.2) is 0 Å². The number of amides is 1. The molecule has 2 aliphatic heterocycles. The van der Waals surface area contributed by atoms with Gasteiger partial charge in [0, 0.05) is 19.2 Å². The van der Waals surface area contributed by atoms with E-state index in [0.717, 1.165) is 19.3 Å². The molecule has 0 aliphatic carbocycles. The van der Waals surface area contributed by atoms with Crippen molar-refractivity contribution in [1.29, 1.82) is 0 Å². The van der Waals surface area contributed by atoms with Crippen LogP contribution in [0.25, 0.3) is 0 Å². The second kappa shape index (κ2) is 5.57. The molecule has 0 saturated carbocycles. The molecule has 5 nitrogen and oxygen atoms in total. The first-order chi connectivity index (χ1) is 8.53. The molecule has 1 amide bonds. The molecule has 18 heavy (non-hydrogen) atoms. The summed E-state index contributed by atoms with van der Waals surface area (Å²) in [5.74, 6) is 0.283. The molecule has 0 aromatic heterocycles.